The molecule has 0 N–H and O–H groups in total. The monoisotopic (exact) mass is 280 g/mol. The van der Waals surface area contributed by atoms with E-state index in [9.17, 15) is 0 Å². The molecule has 16 heavy (non-hydrogen) atoms. The Bertz CT molecular complexity index is 500. The summed E-state index contributed by atoms with van der Waals surface area (Å²) in [6.45, 7) is 6.14. The lowest BCUT2D eigenvalue weighted by Crippen LogP contribution is -2.11. The molecule has 0 aliphatic rings. The molecule has 1 aromatic heterocycles. The van der Waals surface area contributed by atoms with Crippen LogP contribution in [0.25, 0.3) is 11.5 Å². The molecular formula is C12H13BrN2O. The number of hydrogen-bond donors (Lipinski definition) is 0. The van der Waals surface area contributed by atoms with Crippen molar-refractivity contribution in [1.29, 1.82) is 0 Å². The highest BCUT2D eigenvalue weighted by atomic mass is 79.9. The first kappa shape index (κ1) is 11.3. The fraction of sp³-hybridized carbons (Fsp3) is 0.333. The standard InChI is InChI=1S/C12H13BrN2O/c1-12(2,3)11-15-14-10(16-11)8-5-4-6-9(13)7-8/h4-7H,1-3H3. The molecule has 0 amide bonds. The molecule has 0 radical (unpaired) electrons. The highest BCUT2D eigenvalue weighted by Crippen LogP contribution is 2.26. The van der Waals surface area contributed by atoms with Gasteiger partial charge in [-0.3, -0.25) is 0 Å². The molecule has 0 fully saturated rings. The van der Waals surface area contributed by atoms with Crippen molar-refractivity contribution >= 4 is 15.9 Å². The van der Waals surface area contributed by atoms with Gasteiger partial charge in [0, 0.05) is 15.5 Å². The minimum Gasteiger partial charge on any atom is -0.420 e. The van der Waals surface area contributed by atoms with E-state index in [0.717, 1.165) is 10.0 Å². The minimum atomic E-state index is -0.114. The molecule has 2 rings (SSSR count). The Kier molecular flexibility index (Phi) is 2.84. The number of nitrogens with zero attached hydrogens (tertiary/aromatic N) is 2. The normalized spacial score (nSPS) is 11.8. The summed E-state index contributed by atoms with van der Waals surface area (Å²) < 4.78 is 6.65. The van der Waals surface area contributed by atoms with Crippen LogP contribution in [-0.2, 0) is 5.41 Å². The van der Waals surface area contributed by atoms with E-state index in [1.54, 1.807) is 0 Å². The van der Waals surface area contributed by atoms with Crippen molar-refractivity contribution in [1.82, 2.24) is 10.2 Å². The molecule has 1 heterocycles. The van der Waals surface area contributed by atoms with Gasteiger partial charge in [-0.15, -0.1) is 10.2 Å². The van der Waals surface area contributed by atoms with Crippen LogP contribution in [0.3, 0.4) is 0 Å². The van der Waals surface area contributed by atoms with Crippen molar-refractivity contribution < 1.29 is 4.42 Å². The van der Waals surface area contributed by atoms with E-state index >= 15 is 0 Å². The minimum absolute atomic E-state index is 0.114. The molecular weight excluding hydrogens is 268 g/mol. The maximum Gasteiger partial charge on any atom is 0.247 e. The molecule has 3 nitrogen and oxygen atoms in total. The van der Waals surface area contributed by atoms with Crippen LogP contribution in [0.1, 0.15) is 26.7 Å². The number of aromatic nitrogens is 2. The summed E-state index contributed by atoms with van der Waals surface area (Å²) in [5.41, 5.74) is 0.814. The predicted octanol–water partition coefficient (Wildman–Crippen LogP) is 3.80. The molecule has 84 valence electrons. The molecule has 2 aromatic rings. The zero-order chi connectivity index (χ0) is 11.8. The highest BCUT2D eigenvalue weighted by Gasteiger charge is 2.21. The van der Waals surface area contributed by atoms with Crippen molar-refractivity contribution in [3.05, 3.63) is 34.6 Å². The number of rotatable bonds is 1. The SMILES string of the molecule is CC(C)(C)c1nnc(-c2cccc(Br)c2)o1. The summed E-state index contributed by atoms with van der Waals surface area (Å²) in [5.74, 6) is 1.22. The van der Waals surface area contributed by atoms with E-state index in [-0.39, 0.29) is 5.41 Å². The summed E-state index contributed by atoms with van der Waals surface area (Å²) in [6, 6.07) is 7.82. The van der Waals surface area contributed by atoms with Gasteiger partial charge < -0.3 is 4.42 Å². The molecule has 1 aromatic carbocycles. The Balaban J connectivity index is 2.39. The average molecular weight is 281 g/mol. The van der Waals surface area contributed by atoms with Crippen molar-refractivity contribution in [3.8, 4) is 11.5 Å². The summed E-state index contributed by atoms with van der Waals surface area (Å²) >= 11 is 3.42. The van der Waals surface area contributed by atoms with Crippen molar-refractivity contribution in [3.63, 3.8) is 0 Å². The Morgan fingerprint density at radius 3 is 2.50 bits per heavy atom. The van der Waals surface area contributed by atoms with Gasteiger partial charge in [-0.05, 0) is 18.2 Å². The van der Waals surface area contributed by atoms with Crippen molar-refractivity contribution in [2.75, 3.05) is 0 Å². The maximum atomic E-state index is 5.65. The zero-order valence-corrected chi connectivity index (χ0v) is 11.1. The van der Waals surface area contributed by atoms with Gasteiger partial charge >= 0.3 is 0 Å². The Labute approximate surface area is 103 Å². The number of benzene rings is 1. The van der Waals surface area contributed by atoms with Gasteiger partial charge in [-0.1, -0.05) is 42.8 Å². The van der Waals surface area contributed by atoms with Gasteiger partial charge in [0.05, 0.1) is 0 Å². The van der Waals surface area contributed by atoms with Crippen molar-refractivity contribution in [2.45, 2.75) is 26.2 Å². The quantitative estimate of drug-likeness (QED) is 0.798. The first-order chi connectivity index (χ1) is 7.47. The van der Waals surface area contributed by atoms with E-state index in [1.165, 1.54) is 0 Å². The second-order valence-electron chi connectivity index (χ2n) is 4.67. The molecule has 0 saturated carbocycles. The van der Waals surface area contributed by atoms with Crippen LogP contribution in [0.2, 0.25) is 0 Å². The lowest BCUT2D eigenvalue weighted by molar-refractivity contribution is 0.399. The van der Waals surface area contributed by atoms with E-state index in [2.05, 4.69) is 26.1 Å². The summed E-state index contributed by atoms with van der Waals surface area (Å²) in [5, 5.41) is 8.12. The fourth-order valence-corrected chi connectivity index (χ4v) is 1.66. The summed E-state index contributed by atoms with van der Waals surface area (Å²) in [7, 11) is 0. The third kappa shape index (κ3) is 2.32. The Hall–Kier alpha value is -1.16. The van der Waals surface area contributed by atoms with Crippen LogP contribution < -0.4 is 0 Å². The summed E-state index contributed by atoms with van der Waals surface area (Å²) in [6.07, 6.45) is 0. The molecule has 0 bridgehead atoms. The summed E-state index contributed by atoms with van der Waals surface area (Å²) in [4.78, 5) is 0. The molecule has 0 aliphatic carbocycles. The van der Waals surface area contributed by atoms with Gasteiger partial charge in [-0.25, -0.2) is 0 Å². The zero-order valence-electron chi connectivity index (χ0n) is 9.49. The predicted molar refractivity (Wildman–Crippen MR) is 66.1 cm³/mol. The number of halogens is 1. The van der Waals surface area contributed by atoms with Gasteiger partial charge in [0.1, 0.15) is 0 Å². The van der Waals surface area contributed by atoms with Gasteiger partial charge in [0.25, 0.3) is 0 Å². The van der Waals surface area contributed by atoms with Crippen LogP contribution >= 0.6 is 15.9 Å². The lowest BCUT2D eigenvalue weighted by atomic mass is 9.97. The highest BCUT2D eigenvalue weighted by molar-refractivity contribution is 9.10. The average Bonchev–Trinajstić information content (AvgIpc) is 2.65. The third-order valence-electron chi connectivity index (χ3n) is 2.14. The van der Waals surface area contributed by atoms with Crippen LogP contribution in [0.5, 0.6) is 0 Å². The second kappa shape index (κ2) is 4.01. The van der Waals surface area contributed by atoms with Crippen molar-refractivity contribution in [2.24, 2.45) is 0 Å². The largest absolute Gasteiger partial charge is 0.420 e. The number of hydrogen-bond acceptors (Lipinski definition) is 3. The fourth-order valence-electron chi connectivity index (χ4n) is 1.26. The Morgan fingerprint density at radius 2 is 1.94 bits per heavy atom. The van der Waals surface area contributed by atoms with Crippen LogP contribution in [0, 0.1) is 0 Å². The lowest BCUT2D eigenvalue weighted by Gasteiger charge is -2.10. The molecule has 0 aliphatic heterocycles. The third-order valence-corrected chi connectivity index (χ3v) is 2.63. The molecule has 0 saturated heterocycles. The second-order valence-corrected chi connectivity index (χ2v) is 5.59. The van der Waals surface area contributed by atoms with Gasteiger partial charge in [0.2, 0.25) is 11.8 Å². The van der Waals surface area contributed by atoms with E-state index < -0.39 is 0 Å². The smallest absolute Gasteiger partial charge is 0.247 e. The Morgan fingerprint density at radius 1 is 1.19 bits per heavy atom. The molecule has 0 atom stereocenters. The maximum absolute atomic E-state index is 5.65. The van der Waals surface area contributed by atoms with Crippen LogP contribution in [-0.4, -0.2) is 10.2 Å². The van der Waals surface area contributed by atoms with Crippen LogP contribution in [0.15, 0.2) is 33.2 Å². The van der Waals surface area contributed by atoms with Crippen LogP contribution in [0.4, 0.5) is 0 Å². The molecule has 0 spiro atoms. The molecule has 4 heteroatoms. The molecule has 0 unspecified atom stereocenters. The van der Waals surface area contributed by atoms with E-state index in [4.69, 9.17) is 4.42 Å². The first-order valence-electron chi connectivity index (χ1n) is 5.07. The topological polar surface area (TPSA) is 38.9 Å². The first-order valence-corrected chi connectivity index (χ1v) is 5.86. The van der Waals surface area contributed by atoms with E-state index in [0.29, 0.717) is 11.8 Å². The van der Waals surface area contributed by atoms with E-state index in [1.807, 2.05) is 45.0 Å². The van der Waals surface area contributed by atoms with Gasteiger partial charge in [0.15, 0.2) is 0 Å². The van der Waals surface area contributed by atoms with Gasteiger partial charge in [-0.2, -0.15) is 0 Å².